The zero-order valence-electron chi connectivity index (χ0n) is 14.0. The standard InChI is InChI=1S/C16H21Cl2N3O5/c17-7-9-21(10-8-18)12-3-1-11(2-4-12)19-16(26)20-13(15(24)25)5-6-14(22)23/h1-4,13H,5-10H2,(H,22,23)(H,24,25)(H2,19,20,26)/t13-/m1/s1. The number of aliphatic carboxylic acids is 2. The number of amides is 2. The summed E-state index contributed by atoms with van der Waals surface area (Å²) in [7, 11) is 0. The van der Waals surface area contributed by atoms with Crippen LogP contribution in [0.4, 0.5) is 16.2 Å². The first-order chi connectivity index (χ1) is 12.4. The van der Waals surface area contributed by atoms with E-state index in [0.29, 0.717) is 30.5 Å². The molecule has 0 radical (unpaired) electrons. The summed E-state index contributed by atoms with van der Waals surface area (Å²) < 4.78 is 0. The third-order valence-corrected chi connectivity index (χ3v) is 3.79. The van der Waals surface area contributed by atoms with E-state index in [4.69, 9.17) is 33.4 Å². The van der Waals surface area contributed by atoms with E-state index in [0.717, 1.165) is 5.69 Å². The van der Waals surface area contributed by atoms with Crippen molar-refractivity contribution < 1.29 is 24.6 Å². The third kappa shape index (κ3) is 7.79. The number of carbonyl (C=O) groups excluding carboxylic acids is 1. The van der Waals surface area contributed by atoms with Gasteiger partial charge in [-0.25, -0.2) is 9.59 Å². The average Bonchev–Trinajstić information content (AvgIpc) is 2.58. The Morgan fingerprint density at radius 2 is 1.62 bits per heavy atom. The van der Waals surface area contributed by atoms with Crippen molar-refractivity contribution in [1.29, 1.82) is 0 Å². The van der Waals surface area contributed by atoms with Gasteiger partial charge in [0.1, 0.15) is 6.04 Å². The lowest BCUT2D eigenvalue weighted by molar-refractivity contribution is -0.140. The molecule has 0 spiro atoms. The SMILES string of the molecule is O=C(O)CC[C@@H](NC(=O)Nc1ccc(N(CCCl)CCCl)cc1)C(=O)O. The molecule has 144 valence electrons. The van der Waals surface area contributed by atoms with Crippen LogP contribution in [0.1, 0.15) is 12.8 Å². The molecule has 0 aromatic heterocycles. The fourth-order valence-electron chi connectivity index (χ4n) is 2.18. The van der Waals surface area contributed by atoms with Crippen molar-refractivity contribution in [2.24, 2.45) is 0 Å². The second kappa shape index (κ2) is 11.4. The molecule has 0 aliphatic rings. The highest BCUT2D eigenvalue weighted by Gasteiger charge is 2.21. The molecule has 0 saturated carbocycles. The van der Waals surface area contributed by atoms with Gasteiger partial charge in [-0.15, -0.1) is 23.2 Å². The highest BCUT2D eigenvalue weighted by atomic mass is 35.5. The predicted molar refractivity (Wildman–Crippen MR) is 101 cm³/mol. The number of nitrogens with zero attached hydrogens (tertiary/aromatic N) is 1. The van der Waals surface area contributed by atoms with E-state index in [1.165, 1.54) is 0 Å². The van der Waals surface area contributed by atoms with Gasteiger partial charge in [-0.1, -0.05) is 0 Å². The topological polar surface area (TPSA) is 119 Å². The number of carboxylic acids is 2. The van der Waals surface area contributed by atoms with Gasteiger partial charge >= 0.3 is 18.0 Å². The lowest BCUT2D eigenvalue weighted by atomic mass is 10.1. The second-order valence-electron chi connectivity index (χ2n) is 5.33. The Hall–Kier alpha value is -2.19. The van der Waals surface area contributed by atoms with E-state index in [1.54, 1.807) is 24.3 Å². The quantitative estimate of drug-likeness (QED) is 0.419. The largest absolute Gasteiger partial charge is 0.481 e. The van der Waals surface area contributed by atoms with Crippen LogP contribution in [0.25, 0.3) is 0 Å². The van der Waals surface area contributed by atoms with Crippen LogP contribution in [0.5, 0.6) is 0 Å². The van der Waals surface area contributed by atoms with Crippen molar-refractivity contribution >= 4 is 52.5 Å². The minimum Gasteiger partial charge on any atom is -0.481 e. The van der Waals surface area contributed by atoms with Crippen LogP contribution in [0.3, 0.4) is 0 Å². The van der Waals surface area contributed by atoms with Crippen LogP contribution in [-0.4, -0.2) is 59.1 Å². The van der Waals surface area contributed by atoms with Crippen LogP contribution >= 0.6 is 23.2 Å². The molecule has 4 N–H and O–H groups in total. The summed E-state index contributed by atoms with van der Waals surface area (Å²) in [6.07, 6.45) is -0.564. The summed E-state index contributed by atoms with van der Waals surface area (Å²) in [5, 5.41) is 22.4. The van der Waals surface area contributed by atoms with E-state index in [-0.39, 0.29) is 12.8 Å². The lowest BCUT2D eigenvalue weighted by Gasteiger charge is -2.23. The molecule has 1 rings (SSSR count). The predicted octanol–water partition coefficient (Wildman–Crippen LogP) is 2.41. The number of halogens is 2. The van der Waals surface area contributed by atoms with Gasteiger partial charge in [-0.05, 0) is 30.7 Å². The molecule has 0 fully saturated rings. The van der Waals surface area contributed by atoms with E-state index in [9.17, 15) is 14.4 Å². The van der Waals surface area contributed by atoms with Gasteiger partial charge in [0.2, 0.25) is 0 Å². The number of hydrogen-bond acceptors (Lipinski definition) is 4. The van der Waals surface area contributed by atoms with Gasteiger partial charge in [-0.2, -0.15) is 0 Å². The molecule has 0 saturated heterocycles. The summed E-state index contributed by atoms with van der Waals surface area (Å²) in [5.41, 5.74) is 1.35. The number of anilines is 2. The molecule has 0 aliphatic carbocycles. The second-order valence-corrected chi connectivity index (χ2v) is 6.09. The minimum atomic E-state index is -1.30. The molecule has 2 amide bonds. The van der Waals surface area contributed by atoms with Crippen LogP contribution in [0.2, 0.25) is 0 Å². The van der Waals surface area contributed by atoms with Gasteiger partial charge in [-0.3, -0.25) is 4.79 Å². The van der Waals surface area contributed by atoms with Crippen LogP contribution in [-0.2, 0) is 9.59 Å². The number of nitrogens with one attached hydrogen (secondary N) is 2. The van der Waals surface area contributed by atoms with Crippen molar-refractivity contribution in [2.45, 2.75) is 18.9 Å². The molecule has 1 aromatic carbocycles. The number of rotatable bonds is 11. The Morgan fingerprint density at radius 1 is 1.04 bits per heavy atom. The van der Waals surface area contributed by atoms with Gasteiger partial charge in [0.15, 0.2) is 0 Å². The highest BCUT2D eigenvalue weighted by molar-refractivity contribution is 6.18. The summed E-state index contributed by atoms with van der Waals surface area (Å²) in [5.74, 6) is -1.53. The van der Waals surface area contributed by atoms with E-state index < -0.39 is 24.0 Å². The lowest BCUT2D eigenvalue weighted by Crippen LogP contribution is -2.43. The number of benzene rings is 1. The summed E-state index contributed by atoms with van der Waals surface area (Å²) in [6, 6.07) is 4.89. The van der Waals surface area contributed by atoms with Crippen LogP contribution in [0.15, 0.2) is 24.3 Å². The number of carbonyl (C=O) groups is 3. The maximum atomic E-state index is 11.9. The van der Waals surface area contributed by atoms with E-state index in [1.807, 2.05) is 4.90 Å². The smallest absolute Gasteiger partial charge is 0.326 e. The third-order valence-electron chi connectivity index (χ3n) is 3.45. The molecule has 0 heterocycles. The first kappa shape index (κ1) is 21.9. The fourth-order valence-corrected chi connectivity index (χ4v) is 2.59. The number of urea groups is 1. The zero-order chi connectivity index (χ0) is 19.5. The Bertz CT molecular complexity index is 606. The summed E-state index contributed by atoms with van der Waals surface area (Å²) >= 11 is 11.5. The molecule has 26 heavy (non-hydrogen) atoms. The maximum absolute atomic E-state index is 11.9. The molecule has 0 unspecified atom stereocenters. The molecule has 0 bridgehead atoms. The van der Waals surface area contributed by atoms with Crippen LogP contribution in [0, 0.1) is 0 Å². The summed E-state index contributed by atoms with van der Waals surface area (Å²) in [4.78, 5) is 35.5. The van der Waals surface area contributed by atoms with Gasteiger partial charge < -0.3 is 25.7 Å². The number of alkyl halides is 2. The molecule has 1 aromatic rings. The monoisotopic (exact) mass is 405 g/mol. The van der Waals surface area contributed by atoms with E-state index >= 15 is 0 Å². The Morgan fingerprint density at radius 3 is 2.08 bits per heavy atom. The molecular formula is C16H21Cl2N3O5. The molecule has 1 atom stereocenters. The molecular weight excluding hydrogens is 385 g/mol. The van der Waals surface area contributed by atoms with Crippen molar-refractivity contribution in [3.8, 4) is 0 Å². The zero-order valence-corrected chi connectivity index (χ0v) is 15.5. The Balaban J connectivity index is 2.65. The average molecular weight is 406 g/mol. The van der Waals surface area contributed by atoms with E-state index in [2.05, 4.69) is 10.6 Å². The maximum Gasteiger partial charge on any atom is 0.326 e. The van der Waals surface area contributed by atoms with Gasteiger partial charge in [0, 0.05) is 42.6 Å². The van der Waals surface area contributed by atoms with Crippen molar-refractivity contribution in [1.82, 2.24) is 5.32 Å². The summed E-state index contributed by atoms with van der Waals surface area (Å²) in [6.45, 7) is 1.26. The highest BCUT2D eigenvalue weighted by Crippen LogP contribution is 2.18. The van der Waals surface area contributed by atoms with Gasteiger partial charge in [0.05, 0.1) is 0 Å². The van der Waals surface area contributed by atoms with Crippen LogP contribution < -0.4 is 15.5 Å². The van der Waals surface area contributed by atoms with Crippen molar-refractivity contribution in [3.05, 3.63) is 24.3 Å². The van der Waals surface area contributed by atoms with Gasteiger partial charge in [0.25, 0.3) is 0 Å². The van der Waals surface area contributed by atoms with Crippen molar-refractivity contribution in [3.63, 3.8) is 0 Å². The molecule has 10 heteroatoms. The Labute approximate surface area is 161 Å². The number of carboxylic acid groups (broad SMARTS) is 2. The Kier molecular flexibility index (Phi) is 9.61. The minimum absolute atomic E-state index is 0.206. The fraction of sp³-hybridized carbons (Fsp3) is 0.438. The number of hydrogen-bond donors (Lipinski definition) is 4. The molecule has 8 nitrogen and oxygen atoms in total. The van der Waals surface area contributed by atoms with Crippen molar-refractivity contribution in [2.75, 3.05) is 35.1 Å². The molecule has 0 aliphatic heterocycles. The first-order valence-electron chi connectivity index (χ1n) is 7.86. The first-order valence-corrected chi connectivity index (χ1v) is 8.93. The normalized spacial score (nSPS) is 11.5.